The Hall–Kier alpha value is -3.59. The van der Waals surface area contributed by atoms with Gasteiger partial charge in [-0.3, -0.25) is 4.90 Å². The van der Waals surface area contributed by atoms with Crippen molar-refractivity contribution in [3.05, 3.63) is 82.9 Å². The summed E-state index contributed by atoms with van der Waals surface area (Å²) in [4.78, 5) is 25.5. The second kappa shape index (κ2) is 8.74. The van der Waals surface area contributed by atoms with Gasteiger partial charge in [-0.05, 0) is 60.6 Å². The number of hydrogen-bond acceptors (Lipinski definition) is 3. The molecule has 2 amide bonds. The number of nitrogens with one attached hydrogen (secondary N) is 1. The molecule has 0 saturated carbocycles. The van der Waals surface area contributed by atoms with Crippen molar-refractivity contribution in [3.63, 3.8) is 0 Å². The van der Waals surface area contributed by atoms with Crippen molar-refractivity contribution >= 4 is 11.7 Å². The number of anilines is 1. The van der Waals surface area contributed by atoms with Gasteiger partial charge in [-0.15, -0.1) is 0 Å². The molecule has 6 nitrogen and oxygen atoms in total. The van der Waals surface area contributed by atoms with E-state index >= 15 is 0 Å². The number of carbonyl (C=O) groups is 1. The molecule has 1 aliphatic rings. The third-order valence-electron chi connectivity index (χ3n) is 6.74. The maximum Gasteiger partial charge on any atom is 0.325 e. The van der Waals surface area contributed by atoms with Gasteiger partial charge in [0.05, 0.1) is 41.9 Å². The number of amides is 2. The van der Waals surface area contributed by atoms with Gasteiger partial charge in [0, 0.05) is 12.2 Å². The Morgan fingerprint density at radius 1 is 1.18 bits per heavy atom. The predicted octanol–water partition coefficient (Wildman–Crippen LogP) is 5.54. The second-order valence-electron chi connectivity index (χ2n) is 9.94. The van der Waals surface area contributed by atoms with E-state index in [-0.39, 0.29) is 23.5 Å². The Balaban J connectivity index is 1.77. The first-order valence-electron chi connectivity index (χ1n) is 11.3. The van der Waals surface area contributed by atoms with Gasteiger partial charge in [-0.1, -0.05) is 45.0 Å². The number of nitrogens with zero attached hydrogens (tertiary/aromatic N) is 4. The SMILES string of the molecule is Cc1cccc(N2CC(C(C)(C)C)N([C@@H](Cc3ccc(C#N)cc3)c3cnc[nH]3)C2=O)c1C. The Labute approximate surface area is 195 Å². The average Bonchev–Trinajstić information content (AvgIpc) is 3.43. The van der Waals surface area contributed by atoms with E-state index in [1.807, 2.05) is 52.4 Å². The summed E-state index contributed by atoms with van der Waals surface area (Å²) in [6.45, 7) is 11.4. The number of nitriles is 1. The lowest BCUT2D eigenvalue weighted by Gasteiger charge is -2.38. The van der Waals surface area contributed by atoms with E-state index in [2.05, 4.69) is 56.7 Å². The van der Waals surface area contributed by atoms with Gasteiger partial charge < -0.3 is 9.88 Å². The first-order chi connectivity index (χ1) is 15.7. The number of imidazole rings is 1. The molecule has 4 rings (SSSR count). The molecule has 6 heteroatoms. The van der Waals surface area contributed by atoms with Crippen LogP contribution in [0, 0.1) is 30.6 Å². The Morgan fingerprint density at radius 2 is 1.91 bits per heavy atom. The molecular formula is C27H31N5O. The van der Waals surface area contributed by atoms with Crippen LogP contribution in [-0.4, -0.2) is 33.5 Å². The van der Waals surface area contributed by atoms with E-state index in [9.17, 15) is 4.79 Å². The number of aromatic nitrogens is 2. The number of carbonyl (C=O) groups excluding carboxylic acids is 1. The number of aromatic amines is 1. The molecule has 2 heterocycles. The maximum atomic E-state index is 14.0. The summed E-state index contributed by atoms with van der Waals surface area (Å²) in [6.07, 6.45) is 4.10. The summed E-state index contributed by atoms with van der Waals surface area (Å²) in [6, 6.07) is 15.7. The highest BCUT2D eigenvalue weighted by molar-refractivity contribution is 5.96. The minimum absolute atomic E-state index is 0.0107. The smallest absolute Gasteiger partial charge is 0.325 e. The summed E-state index contributed by atoms with van der Waals surface area (Å²) < 4.78 is 0. The summed E-state index contributed by atoms with van der Waals surface area (Å²) in [7, 11) is 0. The Kier molecular flexibility index (Phi) is 5.99. The van der Waals surface area contributed by atoms with Crippen LogP contribution in [0.25, 0.3) is 0 Å². The highest BCUT2D eigenvalue weighted by Gasteiger charge is 2.47. The number of benzene rings is 2. The van der Waals surface area contributed by atoms with Crippen LogP contribution >= 0.6 is 0 Å². The van der Waals surface area contributed by atoms with Crippen molar-refractivity contribution in [2.24, 2.45) is 5.41 Å². The van der Waals surface area contributed by atoms with Crippen LogP contribution in [0.2, 0.25) is 0 Å². The van der Waals surface area contributed by atoms with Crippen LogP contribution in [0.4, 0.5) is 10.5 Å². The van der Waals surface area contributed by atoms with E-state index < -0.39 is 0 Å². The summed E-state index contributed by atoms with van der Waals surface area (Å²) >= 11 is 0. The zero-order valence-electron chi connectivity index (χ0n) is 20.0. The highest BCUT2D eigenvalue weighted by Crippen LogP contribution is 2.40. The zero-order valence-corrected chi connectivity index (χ0v) is 20.0. The molecule has 1 aromatic heterocycles. The van der Waals surface area contributed by atoms with Gasteiger partial charge in [0.15, 0.2) is 0 Å². The molecule has 1 unspecified atom stereocenters. The third kappa shape index (κ3) is 4.36. The largest absolute Gasteiger partial charge is 0.347 e. The van der Waals surface area contributed by atoms with Crippen molar-refractivity contribution in [2.45, 2.75) is 53.1 Å². The monoisotopic (exact) mass is 441 g/mol. The zero-order chi connectivity index (χ0) is 23.8. The number of aryl methyl sites for hydroxylation is 1. The Bertz CT molecular complexity index is 1170. The number of urea groups is 1. The lowest BCUT2D eigenvalue weighted by molar-refractivity contribution is 0.118. The standard InChI is InChI=1S/C27H31N5O/c1-18-7-6-8-23(19(18)2)31-16-25(27(3,4)5)32(26(31)33)24(22-15-29-17-30-22)13-20-9-11-21(14-28)12-10-20/h6-12,15,17,24-25H,13,16H2,1-5H3,(H,29,30)/t24-,25?/m0/s1. The molecule has 1 N–H and O–H groups in total. The van der Waals surface area contributed by atoms with Crippen LogP contribution in [0.5, 0.6) is 0 Å². The molecule has 0 bridgehead atoms. The van der Waals surface area contributed by atoms with E-state index in [1.165, 1.54) is 5.56 Å². The van der Waals surface area contributed by atoms with Crippen LogP contribution in [-0.2, 0) is 6.42 Å². The second-order valence-corrected chi connectivity index (χ2v) is 9.94. The van der Waals surface area contributed by atoms with Gasteiger partial charge >= 0.3 is 6.03 Å². The fourth-order valence-electron chi connectivity index (χ4n) is 4.63. The van der Waals surface area contributed by atoms with Crippen LogP contribution < -0.4 is 4.90 Å². The maximum absolute atomic E-state index is 14.0. The number of H-pyrrole nitrogens is 1. The third-order valence-corrected chi connectivity index (χ3v) is 6.74. The molecule has 2 atom stereocenters. The number of rotatable bonds is 5. The molecule has 1 saturated heterocycles. The molecule has 0 radical (unpaired) electrons. The lowest BCUT2D eigenvalue weighted by atomic mass is 9.85. The van der Waals surface area contributed by atoms with Crippen molar-refractivity contribution in [1.82, 2.24) is 14.9 Å². The topological polar surface area (TPSA) is 76.0 Å². The lowest BCUT2D eigenvalue weighted by Crippen LogP contribution is -2.45. The summed E-state index contributed by atoms with van der Waals surface area (Å²) in [5.41, 5.74) is 5.76. The highest BCUT2D eigenvalue weighted by atomic mass is 16.2. The molecule has 0 aliphatic carbocycles. The molecule has 1 fully saturated rings. The molecule has 3 aromatic rings. The van der Waals surface area contributed by atoms with Crippen molar-refractivity contribution in [2.75, 3.05) is 11.4 Å². The van der Waals surface area contributed by atoms with Gasteiger partial charge in [0.1, 0.15) is 0 Å². The quantitative estimate of drug-likeness (QED) is 0.565. The molecule has 170 valence electrons. The predicted molar refractivity (Wildman–Crippen MR) is 130 cm³/mol. The van der Waals surface area contributed by atoms with E-state index in [1.54, 1.807) is 6.33 Å². The Morgan fingerprint density at radius 3 is 2.52 bits per heavy atom. The fraction of sp³-hybridized carbons (Fsp3) is 0.370. The fourth-order valence-corrected chi connectivity index (χ4v) is 4.63. The van der Waals surface area contributed by atoms with Gasteiger partial charge in [0.2, 0.25) is 0 Å². The normalized spacial score (nSPS) is 17.3. The van der Waals surface area contributed by atoms with E-state index in [0.717, 1.165) is 22.5 Å². The van der Waals surface area contributed by atoms with Crippen molar-refractivity contribution in [3.8, 4) is 6.07 Å². The molecule has 0 spiro atoms. The average molecular weight is 442 g/mol. The number of hydrogen-bond donors (Lipinski definition) is 1. The van der Waals surface area contributed by atoms with Crippen molar-refractivity contribution in [1.29, 1.82) is 5.26 Å². The van der Waals surface area contributed by atoms with Crippen LogP contribution in [0.15, 0.2) is 55.0 Å². The van der Waals surface area contributed by atoms with E-state index in [4.69, 9.17) is 5.26 Å². The molecular weight excluding hydrogens is 410 g/mol. The summed E-state index contributed by atoms with van der Waals surface area (Å²) in [5, 5.41) is 9.15. The molecule has 2 aromatic carbocycles. The molecule has 33 heavy (non-hydrogen) atoms. The van der Waals surface area contributed by atoms with Gasteiger partial charge in [-0.2, -0.15) is 5.26 Å². The minimum atomic E-state index is -0.202. The summed E-state index contributed by atoms with van der Waals surface area (Å²) in [5.74, 6) is 0. The first kappa shape index (κ1) is 22.6. The van der Waals surface area contributed by atoms with Gasteiger partial charge in [-0.25, -0.2) is 9.78 Å². The van der Waals surface area contributed by atoms with E-state index in [0.29, 0.717) is 18.5 Å². The van der Waals surface area contributed by atoms with Crippen LogP contribution in [0.3, 0.4) is 0 Å². The van der Waals surface area contributed by atoms with Crippen LogP contribution in [0.1, 0.15) is 54.8 Å². The van der Waals surface area contributed by atoms with Gasteiger partial charge in [0.25, 0.3) is 0 Å². The molecule has 1 aliphatic heterocycles. The van der Waals surface area contributed by atoms with Crippen molar-refractivity contribution < 1.29 is 4.79 Å². The first-order valence-corrected chi connectivity index (χ1v) is 11.3. The minimum Gasteiger partial charge on any atom is -0.347 e.